The highest BCUT2D eigenvalue weighted by Crippen LogP contribution is 2.16. The van der Waals surface area contributed by atoms with Crippen LogP contribution in [0.25, 0.3) is 0 Å². The maximum absolute atomic E-state index is 13.0. The topological polar surface area (TPSA) is 52.7 Å². The van der Waals surface area contributed by atoms with Crippen LogP contribution in [0.4, 0.5) is 10.1 Å². The van der Waals surface area contributed by atoms with E-state index in [-0.39, 0.29) is 23.5 Å². The smallest absolute Gasteiger partial charge is 0.253 e. The molecule has 1 unspecified atom stereocenters. The van der Waals surface area contributed by atoms with E-state index >= 15 is 0 Å². The summed E-state index contributed by atoms with van der Waals surface area (Å²) in [5.74, 6) is -0.623. The number of piperazine rings is 1. The van der Waals surface area contributed by atoms with E-state index in [0.29, 0.717) is 17.7 Å². The first-order chi connectivity index (χ1) is 13.4. The van der Waals surface area contributed by atoms with E-state index in [1.165, 1.54) is 12.1 Å². The Morgan fingerprint density at radius 2 is 1.61 bits per heavy atom. The number of nitrogens with zero attached hydrogens (tertiary/aromatic N) is 2. The highest BCUT2D eigenvalue weighted by molar-refractivity contribution is 5.96. The van der Waals surface area contributed by atoms with Crippen LogP contribution >= 0.6 is 0 Å². The summed E-state index contributed by atoms with van der Waals surface area (Å²) in [6.07, 6.45) is 0.534. The number of hydrogen-bond donors (Lipinski definition) is 1. The molecule has 0 aromatic heterocycles. The fraction of sp³-hybridized carbons (Fsp3) is 0.364. The molecule has 0 saturated carbocycles. The Morgan fingerprint density at radius 3 is 2.21 bits per heavy atom. The molecule has 0 spiro atoms. The molecule has 3 rings (SSSR count). The van der Waals surface area contributed by atoms with Gasteiger partial charge in [-0.15, -0.1) is 0 Å². The number of nitrogens with one attached hydrogen (secondary N) is 1. The maximum atomic E-state index is 13.0. The highest BCUT2D eigenvalue weighted by atomic mass is 19.1. The third-order valence-electron chi connectivity index (χ3n) is 5.09. The van der Waals surface area contributed by atoms with Crippen molar-refractivity contribution in [1.29, 1.82) is 0 Å². The third kappa shape index (κ3) is 5.16. The summed E-state index contributed by atoms with van der Waals surface area (Å²) in [6, 6.07) is 13.2. The summed E-state index contributed by atoms with van der Waals surface area (Å²) in [5, 5.41) is 2.88. The second kappa shape index (κ2) is 8.97. The average molecular weight is 383 g/mol. The van der Waals surface area contributed by atoms with Crippen molar-refractivity contribution in [2.24, 2.45) is 5.92 Å². The Balaban J connectivity index is 1.55. The van der Waals surface area contributed by atoms with Crippen molar-refractivity contribution < 1.29 is 14.0 Å². The molecule has 1 aliphatic heterocycles. The second-order valence-corrected chi connectivity index (χ2v) is 7.39. The van der Waals surface area contributed by atoms with Gasteiger partial charge in [-0.1, -0.05) is 19.1 Å². The van der Waals surface area contributed by atoms with Crippen LogP contribution in [-0.4, -0.2) is 54.8 Å². The number of anilines is 1. The molecule has 6 heteroatoms. The summed E-state index contributed by atoms with van der Waals surface area (Å²) < 4.78 is 13.0. The van der Waals surface area contributed by atoms with Crippen LogP contribution in [0.15, 0.2) is 48.5 Å². The van der Waals surface area contributed by atoms with Gasteiger partial charge in [0.1, 0.15) is 5.82 Å². The quantitative estimate of drug-likeness (QED) is 0.864. The minimum absolute atomic E-state index is 0.0238. The van der Waals surface area contributed by atoms with Crippen LogP contribution in [0.3, 0.4) is 0 Å². The molecule has 148 valence electrons. The zero-order chi connectivity index (χ0) is 20.1. The van der Waals surface area contributed by atoms with Gasteiger partial charge < -0.3 is 15.1 Å². The summed E-state index contributed by atoms with van der Waals surface area (Å²) in [6.45, 7) is 5.06. The van der Waals surface area contributed by atoms with Crippen LogP contribution in [0.2, 0.25) is 0 Å². The molecule has 0 radical (unpaired) electrons. The van der Waals surface area contributed by atoms with Gasteiger partial charge in [-0.05, 0) is 55.4 Å². The number of benzene rings is 2. The van der Waals surface area contributed by atoms with Crippen molar-refractivity contribution in [3.8, 4) is 0 Å². The average Bonchev–Trinajstić information content (AvgIpc) is 2.70. The van der Waals surface area contributed by atoms with E-state index in [9.17, 15) is 14.0 Å². The molecule has 2 aromatic rings. The number of amides is 2. The monoisotopic (exact) mass is 383 g/mol. The zero-order valence-electron chi connectivity index (χ0n) is 16.3. The number of rotatable bonds is 5. The van der Waals surface area contributed by atoms with Gasteiger partial charge in [0.25, 0.3) is 5.91 Å². The third-order valence-corrected chi connectivity index (χ3v) is 5.09. The van der Waals surface area contributed by atoms with Crippen LogP contribution in [0.1, 0.15) is 22.8 Å². The van der Waals surface area contributed by atoms with E-state index in [4.69, 9.17) is 0 Å². The first kappa shape index (κ1) is 20.0. The molecule has 1 saturated heterocycles. The van der Waals surface area contributed by atoms with E-state index < -0.39 is 0 Å². The molecule has 1 heterocycles. The lowest BCUT2D eigenvalue weighted by molar-refractivity contribution is -0.119. The van der Waals surface area contributed by atoms with Crippen molar-refractivity contribution in [2.75, 3.05) is 38.5 Å². The van der Waals surface area contributed by atoms with Gasteiger partial charge in [0.15, 0.2) is 0 Å². The Hall–Kier alpha value is -2.73. The highest BCUT2D eigenvalue weighted by Gasteiger charge is 2.20. The fourth-order valence-electron chi connectivity index (χ4n) is 3.22. The zero-order valence-corrected chi connectivity index (χ0v) is 16.3. The Labute approximate surface area is 165 Å². The van der Waals surface area contributed by atoms with Crippen LogP contribution in [-0.2, 0) is 11.2 Å². The van der Waals surface area contributed by atoms with Crippen molar-refractivity contribution in [3.63, 3.8) is 0 Å². The molecule has 0 aliphatic carbocycles. The molecular weight excluding hydrogens is 357 g/mol. The lowest BCUT2D eigenvalue weighted by Gasteiger charge is -2.32. The number of hydrogen-bond acceptors (Lipinski definition) is 3. The predicted octanol–water partition coefficient (Wildman–Crippen LogP) is 3.03. The molecule has 1 N–H and O–H groups in total. The van der Waals surface area contributed by atoms with Gasteiger partial charge in [0.05, 0.1) is 0 Å². The SMILES string of the molecule is CC(Cc1ccc(F)cc1)C(=O)Nc1ccc(C(=O)N2CCN(C)CC2)cc1. The van der Waals surface area contributed by atoms with Gasteiger partial charge in [0.2, 0.25) is 5.91 Å². The van der Waals surface area contributed by atoms with Gasteiger partial charge >= 0.3 is 0 Å². The van der Waals surface area contributed by atoms with Crippen molar-refractivity contribution >= 4 is 17.5 Å². The standard InChI is InChI=1S/C22H26FN3O2/c1-16(15-17-3-7-19(23)8-4-17)21(27)24-20-9-5-18(6-10-20)22(28)26-13-11-25(2)12-14-26/h3-10,16H,11-15H2,1-2H3,(H,24,27). The minimum atomic E-state index is -0.285. The number of carbonyl (C=O) groups is 2. The molecule has 2 amide bonds. The number of likely N-dealkylation sites (N-methyl/N-ethyl adjacent to an activating group) is 1. The Morgan fingerprint density at radius 1 is 1.00 bits per heavy atom. The van der Waals surface area contributed by atoms with Crippen LogP contribution in [0, 0.1) is 11.7 Å². The molecule has 28 heavy (non-hydrogen) atoms. The summed E-state index contributed by atoms with van der Waals surface area (Å²) in [7, 11) is 2.05. The van der Waals surface area contributed by atoms with E-state index in [1.807, 2.05) is 11.8 Å². The molecule has 1 aliphatic rings. The normalized spacial score (nSPS) is 15.9. The summed E-state index contributed by atoms with van der Waals surface area (Å²) in [4.78, 5) is 29.0. The van der Waals surface area contributed by atoms with E-state index in [1.54, 1.807) is 36.4 Å². The fourth-order valence-corrected chi connectivity index (χ4v) is 3.22. The minimum Gasteiger partial charge on any atom is -0.336 e. The maximum Gasteiger partial charge on any atom is 0.253 e. The van der Waals surface area contributed by atoms with Crippen molar-refractivity contribution in [3.05, 3.63) is 65.5 Å². The van der Waals surface area contributed by atoms with Crippen LogP contribution < -0.4 is 5.32 Å². The first-order valence-electron chi connectivity index (χ1n) is 9.55. The van der Waals surface area contributed by atoms with Crippen LogP contribution in [0.5, 0.6) is 0 Å². The number of halogens is 1. The molecular formula is C22H26FN3O2. The molecule has 0 bridgehead atoms. The molecule has 1 fully saturated rings. The predicted molar refractivity (Wildman–Crippen MR) is 108 cm³/mol. The number of carbonyl (C=O) groups excluding carboxylic acids is 2. The molecule has 5 nitrogen and oxygen atoms in total. The summed E-state index contributed by atoms with van der Waals surface area (Å²) >= 11 is 0. The van der Waals surface area contributed by atoms with E-state index in [0.717, 1.165) is 31.7 Å². The molecule has 1 atom stereocenters. The Kier molecular flexibility index (Phi) is 6.41. The van der Waals surface area contributed by atoms with Crippen molar-refractivity contribution in [1.82, 2.24) is 9.80 Å². The lowest BCUT2D eigenvalue weighted by atomic mass is 10.0. The van der Waals surface area contributed by atoms with E-state index in [2.05, 4.69) is 17.3 Å². The first-order valence-corrected chi connectivity index (χ1v) is 9.55. The Bertz CT molecular complexity index is 813. The second-order valence-electron chi connectivity index (χ2n) is 7.39. The molecule has 2 aromatic carbocycles. The van der Waals surface area contributed by atoms with Crippen molar-refractivity contribution in [2.45, 2.75) is 13.3 Å². The van der Waals surface area contributed by atoms with Gasteiger partial charge in [-0.25, -0.2) is 4.39 Å². The summed E-state index contributed by atoms with van der Waals surface area (Å²) in [5.41, 5.74) is 2.20. The van der Waals surface area contributed by atoms with Gasteiger partial charge in [-0.3, -0.25) is 9.59 Å². The lowest BCUT2D eigenvalue weighted by Crippen LogP contribution is -2.47. The van der Waals surface area contributed by atoms with Gasteiger partial charge in [-0.2, -0.15) is 0 Å². The largest absolute Gasteiger partial charge is 0.336 e. The van der Waals surface area contributed by atoms with Gasteiger partial charge in [0, 0.05) is 43.3 Å².